The van der Waals surface area contributed by atoms with Crippen LogP contribution in [0.15, 0.2) is 29.4 Å². The average Bonchev–Trinajstić information content (AvgIpc) is 2.87. The van der Waals surface area contributed by atoms with Crippen molar-refractivity contribution >= 4 is 5.91 Å². The molecule has 1 aliphatic heterocycles. The number of amides is 1. The largest absolute Gasteiger partial charge is 0.495 e. The van der Waals surface area contributed by atoms with Crippen LogP contribution in [0.3, 0.4) is 0 Å². The number of allylic oxidation sites excluding steroid dienone is 3. The summed E-state index contributed by atoms with van der Waals surface area (Å²) in [5, 5.41) is 9.28. The van der Waals surface area contributed by atoms with Gasteiger partial charge in [-0.3, -0.25) is 4.79 Å². The molecule has 0 spiro atoms. The predicted molar refractivity (Wildman–Crippen MR) is 112 cm³/mol. The van der Waals surface area contributed by atoms with Gasteiger partial charge in [0, 0.05) is 12.1 Å². The molecule has 1 atom stereocenters. The minimum Gasteiger partial charge on any atom is -0.495 e. The first-order valence-electron chi connectivity index (χ1n) is 9.86. The van der Waals surface area contributed by atoms with Crippen molar-refractivity contribution in [3.8, 4) is 11.5 Å². The zero-order valence-electron chi connectivity index (χ0n) is 18.0. The highest BCUT2D eigenvalue weighted by atomic mass is 16.5. The number of methoxy groups -OCH3 is 1. The Kier molecular flexibility index (Phi) is 7.69. The maximum Gasteiger partial charge on any atom is 0.258 e. The summed E-state index contributed by atoms with van der Waals surface area (Å²) >= 11 is 0. The Hall–Kier alpha value is -2.27. The number of carbonyl (C=O) groups is 1. The van der Waals surface area contributed by atoms with Crippen molar-refractivity contribution in [1.29, 1.82) is 0 Å². The van der Waals surface area contributed by atoms with Crippen molar-refractivity contribution in [2.24, 2.45) is 0 Å². The summed E-state index contributed by atoms with van der Waals surface area (Å²) in [6.07, 6.45) is 6.40. The van der Waals surface area contributed by atoms with Crippen LogP contribution in [0.4, 0.5) is 0 Å². The second-order valence-corrected chi connectivity index (χ2v) is 7.58. The molecule has 0 aromatic heterocycles. The molecule has 0 saturated carbocycles. The van der Waals surface area contributed by atoms with Gasteiger partial charge in [0.1, 0.15) is 18.1 Å². The Labute approximate surface area is 168 Å². The van der Waals surface area contributed by atoms with E-state index in [0.717, 1.165) is 29.7 Å². The quantitative estimate of drug-likeness (QED) is 0.630. The Bertz CT molecular complexity index is 775. The van der Waals surface area contributed by atoms with Crippen LogP contribution in [0.25, 0.3) is 0 Å². The number of hydrogen-bond donors (Lipinski definition) is 1. The zero-order valence-corrected chi connectivity index (χ0v) is 18.0. The predicted octanol–water partition coefficient (Wildman–Crippen LogP) is 4.58. The monoisotopic (exact) mass is 387 g/mol. The molecule has 1 aromatic carbocycles. The van der Waals surface area contributed by atoms with Crippen molar-refractivity contribution in [3.63, 3.8) is 0 Å². The number of fused-ring (bicyclic) bond motifs is 1. The summed E-state index contributed by atoms with van der Waals surface area (Å²) in [6, 6.07) is 1.83. The lowest BCUT2D eigenvalue weighted by Crippen LogP contribution is -2.29. The molecular formula is C23H33NO4. The van der Waals surface area contributed by atoms with E-state index in [1.807, 2.05) is 19.9 Å². The van der Waals surface area contributed by atoms with E-state index in [2.05, 4.69) is 32.9 Å². The maximum atomic E-state index is 12.8. The van der Waals surface area contributed by atoms with Gasteiger partial charge < -0.3 is 19.5 Å². The number of ether oxygens (including phenoxy) is 2. The van der Waals surface area contributed by atoms with Gasteiger partial charge in [-0.15, -0.1) is 0 Å². The molecule has 1 heterocycles. The van der Waals surface area contributed by atoms with Crippen molar-refractivity contribution in [2.45, 2.75) is 53.5 Å². The Morgan fingerprint density at radius 2 is 2.00 bits per heavy atom. The summed E-state index contributed by atoms with van der Waals surface area (Å²) in [7, 11) is 1.58. The van der Waals surface area contributed by atoms with Crippen LogP contribution in [0.2, 0.25) is 0 Å². The minimum atomic E-state index is -0.118. The number of β-amino-alcohol motifs (C(OH)–C–C–N with tert-alkyl or cyclic N) is 1. The second kappa shape index (κ2) is 9.78. The molecule has 5 nitrogen and oxygen atoms in total. The van der Waals surface area contributed by atoms with Crippen LogP contribution >= 0.6 is 0 Å². The smallest absolute Gasteiger partial charge is 0.258 e. The average molecular weight is 388 g/mol. The fourth-order valence-corrected chi connectivity index (χ4v) is 3.56. The number of nitrogens with zero attached hydrogens (tertiary/aromatic N) is 1. The third-order valence-electron chi connectivity index (χ3n) is 5.21. The normalized spacial score (nSPS) is 16.2. The topological polar surface area (TPSA) is 59.0 Å². The molecular weight excluding hydrogens is 354 g/mol. The molecule has 2 rings (SSSR count). The van der Waals surface area contributed by atoms with Gasteiger partial charge in [-0.1, -0.05) is 17.2 Å². The van der Waals surface area contributed by atoms with E-state index in [0.29, 0.717) is 24.5 Å². The summed E-state index contributed by atoms with van der Waals surface area (Å²) in [5.74, 6) is 1.20. The van der Waals surface area contributed by atoms with Gasteiger partial charge in [0.25, 0.3) is 5.91 Å². The molecule has 0 aliphatic carbocycles. The molecule has 1 aliphatic rings. The molecule has 0 bridgehead atoms. The van der Waals surface area contributed by atoms with E-state index in [9.17, 15) is 9.90 Å². The van der Waals surface area contributed by atoms with E-state index in [1.165, 1.54) is 11.1 Å². The van der Waals surface area contributed by atoms with Crippen LogP contribution < -0.4 is 9.47 Å². The standard InChI is InChI=1S/C23H33NO4/c1-15(2)8-7-9-16(3)10-13-28-20-14-19-18(5)24(11-12-25)23(26)21(19)22(27-6)17(20)4/h8,10,14,18,25H,7,9,11-13H2,1-6H3/t18-/m0/s1. The van der Waals surface area contributed by atoms with Crippen molar-refractivity contribution in [2.75, 3.05) is 26.9 Å². The van der Waals surface area contributed by atoms with Crippen LogP contribution in [-0.4, -0.2) is 42.8 Å². The molecule has 1 amide bonds. The van der Waals surface area contributed by atoms with Crippen molar-refractivity contribution in [3.05, 3.63) is 46.1 Å². The van der Waals surface area contributed by atoms with Gasteiger partial charge in [-0.2, -0.15) is 0 Å². The van der Waals surface area contributed by atoms with E-state index in [4.69, 9.17) is 9.47 Å². The molecule has 1 N–H and O–H groups in total. The Morgan fingerprint density at radius 3 is 2.61 bits per heavy atom. The molecule has 0 unspecified atom stereocenters. The zero-order chi connectivity index (χ0) is 20.8. The fraction of sp³-hybridized carbons (Fsp3) is 0.522. The summed E-state index contributed by atoms with van der Waals surface area (Å²) in [5.41, 5.74) is 4.93. The SMILES string of the molecule is COc1c(C)c(OCC=C(C)CCC=C(C)C)cc2c1C(=O)N(CCO)[C@H]2C. The summed E-state index contributed by atoms with van der Waals surface area (Å²) < 4.78 is 11.6. The third kappa shape index (κ3) is 4.76. The molecule has 1 aromatic rings. The van der Waals surface area contributed by atoms with E-state index in [1.54, 1.807) is 12.0 Å². The van der Waals surface area contributed by atoms with Crippen LogP contribution in [0.5, 0.6) is 11.5 Å². The van der Waals surface area contributed by atoms with E-state index in [-0.39, 0.29) is 18.6 Å². The Morgan fingerprint density at radius 1 is 1.29 bits per heavy atom. The lowest BCUT2D eigenvalue weighted by Gasteiger charge is -2.20. The van der Waals surface area contributed by atoms with Gasteiger partial charge >= 0.3 is 0 Å². The van der Waals surface area contributed by atoms with Crippen LogP contribution in [-0.2, 0) is 0 Å². The van der Waals surface area contributed by atoms with E-state index < -0.39 is 0 Å². The second-order valence-electron chi connectivity index (χ2n) is 7.58. The third-order valence-corrected chi connectivity index (χ3v) is 5.21. The van der Waals surface area contributed by atoms with Gasteiger partial charge in [-0.25, -0.2) is 0 Å². The lowest BCUT2D eigenvalue weighted by atomic mass is 10.0. The number of rotatable bonds is 9. The number of carbonyl (C=O) groups excluding carboxylic acids is 1. The number of benzene rings is 1. The first kappa shape index (κ1) is 22.0. The highest BCUT2D eigenvalue weighted by molar-refractivity contribution is 6.02. The van der Waals surface area contributed by atoms with Crippen molar-refractivity contribution in [1.82, 2.24) is 4.90 Å². The molecule has 0 fully saturated rings. The molecule has 154 valence electrons. The van der Waals surface area contributed by atoms with Gasteiger partial charge in [-0.05, 0) is 65.2 Å². The Balaban J connectivity index is 2.20. The molecule has 0 saturated heterocycles. The van der Waals surface area contributed by atoms with Gasteiger partial charge in [0.15, 0.2) is 0 Å². The number of hydrogen-bond acceptors (Lipinski definition) is 4. The minimum absolute atomic E-state index is 0.0639. The highest BCUT2D eigenvalue weighted by Crippen LogP contribution is 2.43. The first-order valence-corrected chi connectivity index (χ1v) is 9.86. The van der Waals surface area contributed by atoms with Gasteiger partial charge in [0.05, 0.1) is 25.3 Å². The molecule has 0 radical (unpaired) electrons. The summed E-state index contributed by atoms with van der Waals surface area (Å²) in [6.45, 7) is 10.9. The van der Waals surface area contributed by atoms with Crippen molar-refractivity contribution < 1.29 is 19.4 Å². The molecule has 5 heteroatoms. The van der Waals surface area contributed by atoms with Crippen LogP contribution in [0.1, 0.15) is 68.1 Å². The first-order chi connectivity index (χ1) is 13.3. The number of aliphatic hydroxyl groups excluding tert-OH is 1. The van der Waals surface area contributed by atoms with Gasteiger partial charge in [0.2, 0.25) is 0 Å². The highest BCUT2D eigenvalue weighted by Gasteiger charge is 2.37. The number of aliphatic hydroxyl groups is 1. The molecule has 28 heavy (non-hydrogen) atoms. The van der Waals surface area contributed by atoms with Crippen LogP contribution in [0, 0.1) is 6.92 Å². The lowest BCUT2D eigenvalue weighted by molar-refractivity contribution is 0.0696. The van der Waals surface area contributed by atoms with E-state index >= 15 is 0 Å². The summed E-state index contributed by atoms with van der Waals surface area (Å²) in [4.78, 5) is 14.4. The maximum absolute atomic E-state index is 12.8. The fourth-order valence-electron chi connectivity index (χ4n) is 3.56.